The number of nitrogens with zero attached hydrogens (tertiary/aromatic N) is 5. The van der Waals surface area contributed by atoms with E-state index < -0.39 is 0 Å². The lowest BCUT2D eigenvalue weighted by atomic mass is 9.94. The quantitative estimate of drug-likeness (QED) is 0.232. The van der Waals surface area contributed by atoms with E-state index in [9.17, 15) is 0 Å². The van der Waals surface area contributed by atoms with Crippen LogP contribution in [0, 0.1) is 0 Å². The molecule has 0 saturated heterocycles. The van der Waals surface area contributed by atoms with Crippen molar-refractivity contribution in [2.45, 2.75) is 44.2 Å². The molecule has 2 aromatic heterocycles. The van der Waals surface area contributed by atoms with Gasteiger partial charge in [-0.2, -0.15) is 0 Å². The van der Waals surface area contributed by atoms with Crippen molar-refractivity contribution < 1.29 is 4.74 Å². The number of nitrogens with one attached hydrogen (secondary N) is 1. The highest BCUT2D eigenvalue weighted by Crippen LogP contribution is 2.37. The Morgan fingerprint density at radius 2 is 1.43 bits per heavy atom. The molecule has 0 amide bonds. The SMILES string of the molecule is c1ccc(C(Oc2ccc(-c3nc4cc(-c5nnn[nH]5)ccc4n3C3CCCCC3)cc2)c2ccccc2)cc1. The number of fused-ring (bicyclic) bond motifs is 1. The van der Waals surface area contributed by atoms with Crippen molar-refractivity contribution in [1.82, 2.24) is 30.2 Å². The average molecular weight is 527 g/mol. The molecule has 0 unspecified atom stereocenters. The van der Waals surface area contributed by atoms with E-state index in [1.807, 2.05) is 12.1 Å². The molecule has 1 fully saturated rings. The van der Waals surface area contributed by atoms with Crippen LogP contribution in [-0.2, 0) is 0 Å². The first-order chi connectivity index (χ1) is 19.8. The fourth-order valence-corrected chi connectivity index (χ4v) is 5.84. The highest BCUT2D eigenvalue weighted by Gasteiger charge is 2.23. The van der Waals surface area contributed by atoms with Gasteiger partial charge in [-0.1, -0.05) is 79.9 Å². The molecule has 4 aromatic carbocycles. The van der Waals surface area contributed by atoms with Crippen LogP contribution in [0.15, 0.2) is 103 Å². The zero-order chi connectivity index (χ0) is 26.7. The summed E-state index contributed by atoms with van der Waals surface area (Å²) in [6.45, 7) is 0. The second-order valence-corrected chi connectivity index (χ2v) is 10.4. The molecule has 0 atom stereocenters. The van der Waals surface area contributed by atoms with Crippen LogP contribution in [0.5, 0.6) is 5.75 Å². The van der Waals surface area contributed by atoms with Crippen LogP contribution in [0.2, 0.25) is 0 Å². The normalized spacial score (nSPS) is 14.1. The van der Waals surface area contributed by atoms with Gasteiger partial charge in [0.2, 0.25) is 0 Å². The third-order valence-electron chi connectivity index (χ3n) is 7.82. The topological polar surface area (TPSA) is 81.5 Å². The molecule has 1 aliphatic rings. The van der Waals surface area contributed by atoms with Gasteiger partial charge in [0.05, 0.1) is 11.0 Å². The van der Waals surface area contributed by atoms with Crippen LogP contribution in [0.4, 0.5) is 0 Å². The predicted octanol–water partition coefficient (Wildman–Crippen LogP) is 7.56. The van der Waals surface area contributed by atoms with Crippen molar-refractivity contribution in [1.29, 1.82) is 0 Å². The number of H-pyrrole nitrogens is 1. The molecule has 1 aliphatic carbocycles. The molecule has 1 saturated carbocycles. The molecular formula is C33H30N6O. The Kier molecular flexibility index (Phi) is 6.53. The van der Waals surface area contributed by atoms with Gasteiger partial charge in [0, 0.05) is 17.2 Å². The summed E-state index contributed by atoms with van der Waals surface area (Å²) in [5.74, 6) is 2.45. The third kappa shape index (κ3) is 4.75. The van der Waals surface area contributed by atoms with E-state index in [2.05, 4.69) is 116 Å². The molecule has 1 N–H and O–H groups in total. The van der Waals surface area contributed by atoms with Crippen molar-refractivity contribution >= 4 is 11.0 Å². The highest BCUT2D eigenvalue weighted by molar-refractivity contribution is 5.84. The first-order valence-electron chi connectivity index (χ1n) is 14.0. The number of benzene rings is 4. The Morgan fingerprint density at radius 3 is 2.08 bits per heavy atom. The molecule has 198 valence electrons. The summed E-state index contributed by atoms with van der Waals surface area (Å²) in [7, 11) is 0. The lowest BCUT2D eigenvalue weighted by molar-refractivity contribution is 0.247. The molecule has 7 nitrogen and oxygen atoms in total. The first kappa shape index (κ1) is 24.3. The second-order valence-electron chi connectivity index (χ2n) is 10.4. The summed E-state index contributed by atoms with van der Waals surface area (Å²) in [4.78, 5) is 5.15. The summed E-state index contributed by atoms with van der Waals surface area (Å²) < 4.78 is 9.04. The lowest BCUT2D eigenvalue weighted by Crippen LogP contribution is -2.14. The monoisotopic (exact) mass is 526 g/mol. The average Bonchev–Trinajstić information content (AvgIpc) is 3.70. The Labute approximate surface area is 232 Å². The number of aromatic amines is 1. The smallest absolute Gasteiger partial charge is 0.179 e. The largest absolute Gasteiger partial charge is 0.481 e. The Morgan fingerprint density at radius 1 is 0.750 bits per heavy atom. The van der Waals surface area contributed by atoms with Gasteiger partial charge in [-0.3, -0.25) is 0 Å². The lowest BCUT2D eigenvalue weighted by Gasteiger charge is -2.26. The molecule has 6 aromatic rings. The van der Waals surface area contributed by atoms with E-state index in [0.717, 1.165) is 44.9 Å². The maximum Gasteiger partial charge on any atom is 0.179 e. The standard InChI is InChI=1S/C33H30N6O/c1-4-10-23(11-5-1)31(24-12-6-2-7-13-24)40-28-19-16-25(17-20-28)33-34-29-22-26(32-35-37-38-36-32)18-21-30(29)39(33)27-14-8-3-9-15-27/h1-2,4-7,10-13,16-22,27,31H,3,8-9,14-15H2,(H,35,36,37,38). The summed E-state index contributed by atoms with van der Waals surface area (Å²) >= 11 is 0. The molecule has 0 bridgehead atoms. The van der Waals surface area contributed by atoms with Crippen LogP contribution >= 0.6 is 0 Å². The van der Waals surface area contributed by atoms with Crippen LogP contribution in [0.3, 0.4) is 0 Å². The number of hydrogen-bond donors (Lipinski definition) is 1. The molecule has 7 rings (SSSR count). The maximum atomic E-state index is 6.59. The number of tetrazole rings is 1. The van der Waals surface area contributed by atoms with Crippen molar-refractivity contribution in [3.05, 3.63) is 114 Å². The highest BCUT2D eigenvalue weighted by atomic mass is 16.5. The van der Waals surface area contributed by atoms with Gasteiger partial charge < -0.3 is 9.30 Å². The summed E-state index contributed by atoms with van der Waals surface area (Å²) in [6, 6.07) is 35.8. The molecular weight excluding hydrogens is 496 g/mol. The van der Waals surface area contributed by atoms with E-state index in [4.69, 9.17) is 9.72 Å². The Balaban J connectivity index is 1.25. The summed E-state index contributed by atoms with van der Waals surface area (Å²) in [5, 5.41) is 14.4. The van der Waals surface area contributed by atoms with Gasteiger partial charge in [-0.25, -0.2) is 10.1 Å². The van der Waals surface area contributed by atoms with E-state index in [0.29, 0.717) is 11.9 Å². The minimum absolute atomic E-state index is 0.191. The van der Waals surface area contributed by atoms with Crippen molar-refractivity contribution in [2.75, 3.05) is 0 Å². The summed E-state index contributed by atoms with van der Waals surface area (Å²) in [6.07, 6.45) is 5.95. The van der Waals surface area contributed by atoms with E-state index in [-0.39, 0.29) is 6.10 Å². The fourth-order valence-electron chi connectivity index (χ4n) is 5.84. The number of imidazole rings is 1. The van der Waals surface area contributed by atoms with E-state index in [1.165, 1.54) is 32.1 Å². The molecule has 0 spiro atoms. The van der Waals surface area contributed by atoms with Gasteiger partial charge >= 0.3 is 0 Å². The molecule has 2 heterocycles. The van der Waals surface area contributed by atoms with Gasteiger partial charge in [0.25, 0.3) is 0 Å². The summed E-state index contributed by atoms with van der Waals surface area (Å²) in [5.41, 5.74) is 6.33. The predicted molar refractivity (Wildman–Crippen MR) is 156 cm³/mol. The van der Waals surface area contributed by atoms with Crippen molar-refractivity contribution in [3.8, 4) is 28.5 Å². The van der Waals surface area contributed by atoms with Crippen LogP contribution in [-0.4, -0.2) is 30.2 Å². The Hall–Kier alpha value is -4.78. The first-order valence-corrected chi connectivity index (χ1v) is 14.0. The van der Waals surface area contributed by atoms with Gasteiger partial charge in [0.1, 0.15) is 17.7 Å². The van der Waals surface area contributed by atoms with Crippen LogP contribution < -0.4 is 4.74 Å². The van der Waals surface area contributed by atoms with Gasteiger partial charge in [-0.15, -0.1) is 5.10 Å². The van der Waals surface area contributed by atoms with Crippen LogP contribution in [0.25, 0.3) is 33.8 Å². The zero-order valence-electron chi connectivity index (χ0n) is 22.1. The number of aromatic nitrogens is 6. The van der Waals surface area contributed by atoms with Crippen LogP contribution in [0.1, 0.15) is 55.4 Å². The van der Waals surface area contributed by atoms with Gasteiger partial charge in [0.15, 0.2) is 5.82 Å². The second kappa shape index (κ2) is 10.8. The van der Waals surface area contributed by atoms with Gasteiger partial charge in [-0.05, 0) is 76.9 Å². The molecule has 7 heteroatoms. The minimum atomic E-state index is -0.191. The third-order valence-corrected chi connectivity index (χ3v) is 7.82. The number of rotatable bonds is 7. The fraction of sp³-hybridized carbons (Fsp3) is 0.212. The minimum Gasteiger partial charge on any atom is -0.481 e. The van der Waals surface area contributed by atoms with Crippen molar-refractivity contribution in [2.24, 2.45) is 0 Å². The number of ether oxygens (including phenoxy) is 1. The molecule has 0 radical (unpaired) electrons. The molecule has 0 aliphatic heterocycles. The Bertz CT molecular complexity index is 1650. The molecule has 40 heavy (non-hydrogen) atoms. The maximum absolute atomic E-state index is 6.59. The van der Waals surface area contributed by atoms with Crippen molar-refractivity contribution in [3.63, 3.8) is 0 Å². The zero-order valence-corrected chi connectivity index (χ0v) is 22.1. The van der Waals surface area contributed by atoms with E-state index >= 15 is 0 Å². The van der Waals surface area contributed by atoms with E-state index in [1.54, 1.807) is 0 Å². The number of hydrogen-bond acceptors (Lipinski definition) is 5.